The van der Waals surface area contributed by atoms with Gasteiger partial charge in [0.1, 0.15) is 6.61 Å². The van der Waals surface area contributed by atoms with E-state index in [1.165, 1.54) is 0 Å². The lowest BCUT2D eigenvalue weighted by atomic mass is 9.66. The molecule has 0 amide bonds. The molecule has 1 N–H and O–H groups in total. The monoisotopic (exact) mass is 278 g/mol. The molecule has 0 heterocycles. The maximum Gasteiger partial charge on any atom is 0.309 e. The molecule has 3 nitrogen and oxygen atoms in total. The summed E-state index contributed by atoms with van der Waals surface area (Å²) < 4.78 is 5.40. The van der Waals surface area contributed by atoms with Crippen LogP contribution in [0.4, 0.5) is 0 Å². The minimum absolute atomic E-state index is 0.0953. The molecule has 112 valence electrons. The molecule has 1 saturated carbocycles. The maximum absolute atomic E-state index is 12.3. The molecule has 1 aliphatic carbocycles. The molecule has 20 heavy (non-hydrogen) atoms. The van der Waals surface area contributed by atoms with Crippen molar-refractivity contribution in [3.8, 4) is 0 Å². The summed E-state index contributed by atoms with van der Waals surface area (Å²) in [6.07, 6.45) is 6.68. The van der Waals surface area contributed by atoms with Gasteiger partial charge in [-0.05, 0) is 29.2 Å². The molecule has 1 aliphatic rings. The lowest BCUT2D eigenvalue weighted by Crippen LogP contribution is -2.40. The zero-order chi connectivity index (χ0) is 15.4. The highest BCUT2D eigenvalue weighted by Crippen LogP contribution is 2.55. The summed E-state index contributed by atoms with van der Waals surface area (Å²) in [7, 11) is 0. The van der Waals surface area contributed by atoms with Gasteiger partial charge in [-0.1, -0.05) is 52.2 Å². The molecule has 0 aromatic carbocycles. The highest BCUT2D eigenvalue weighted by atomic mass is 16.5. The van der Waals surface area contributed by atoms with Crippen LogP contribution < -0.4 is 0 Å². The topological polar surface area (TPSA) is 46.5 Å². The molecule has 0 aliphatic heterocycles. The quantitative estimate of drug-likeness (QED) is 0.599. The second-order valence-corrected chi connectivity index (χ2v) is 6.32. The molecule has 0 aromatic heterocycles. The highest BCUT2D eigenvalue weighted by Gasteiger charge is 2.54. The van der Waals surface area contributed by atoms with Gasteiger partial charge in [-0.3, -0.25) is 4.79 Å². The molecular weight excluding hydrogens is 252 g/mol. The molecule has 2 atom stereocenters. The van der Waals surface area contributed by atoms with Crippen LogP contribution in [-0.4, -0.2) is 24.3 Å². The number of aliphatic hydroxyl groups is 1. The summed E-state index contributed by atoms with van der Waals surface area (Å²) in [4.78, 5) is 12.3. The molecule has 1 fully saturated rings. The van der Waals surface area contributed by atoms with Gasteiger partial charge in [0, 0.05) is 6.61 Å². The first kappa shape index (κ1) is 16.7. The number of aliphatic hydroxyl groups excluding tert-OH is 1. The minimum atomic E-state index is -0.269. The van der Waals surface area contributed by atoms with E-state index in [0.717, 1.165) is 18.4 Å². The van der Waals surface area contributed by atoms with E-state index in [-0.39, 0.29) is 35.9 Å². The molecule has 0 saturated heterocycles. The van der Waals surface area contributed by atoms with Gasteiger partial charge < -0.3 is 9.84 Å². The fraction of sp³-hybridized carbons (Fsp3) is 0.588. The average molecular weight is 278 g/mol. The standard InChI is InChI=1S/C17H26O3/c1-6-8-13(7-2)11-20-15(19)14-9-10-17(5,12-18)16(14,3)4/h6-8,14,18H,1-2,9-12H2,3-5H3/b13-8+/t14-,17+/m1/s1. The van der Waals surface area contributed by atoms with Crippen molar-refractivity contribution in [1.29, 1.82) is 0 Å². The van der Waals surface area contributed by atoms with Crippen LogP contribution in [0.15, 0.2) is 37.0 Å². The lowest BCUT2D eigenvalue weighted by molar-refractivity contribution is -0.152. The van der Waals surface area contributed by atoms with E-state index in [2.05, 4.69) is 13.2 Å². The highest BCUT2D eigenvalue weighted by molar-refractivity contribution is 5.74. The molecule has 0 spiro atoms. The number of ether oxygens (including phenoxy) is 1. The molecule has 1 rings (SSSR count). The van der Waals surface area contributed by atoms with Gasteiger partial charge in [-0.15, -0.1) is 0 Å². The minimum Gasteiger partial charge on any atom is -0.461 e. The van der Waals surface area contributed by atoms with Crippen molar-refractivity contribution in [1.82, 2.24) is 0 Å². The number of esters is 1. The lowest BCUT2D eigenvalue weighted by Gasteiger charge is -2.39. The number of hydrogen-bond acceptors (Lipinski definition) is 3. The van der Waals surface area contributed by atoms with Crippen LogP contribution in [0.3, 0.4) is 0 Å². The van der Waals surface area contributed by atoms with E-state index >= 15 is 0 Å². The Labute approximate surface area is 122 Å². The van der Waals surface area contributed by atoms with Crippen LogP contribution in [0.5, 0.6) is 0 Å². The molecule has 0 unspecified atom stereocenters. The normalized spacial score (nSPS) is 29.0. The Morgan fingerprint density at radius 1 is 1.40 bits per heavy atom. The Bertz CT molecular complexity index is 420. The van der Waals surface area contributed by atoms with Crippen molar-refractivity contribution < 1.29 is 14.6 Å². The van der Waals surface area contributed by atoms with E-state index in [0.29, 0.717) is 0 Å². The van der Waals surface area contributed by atoms with Crippen molar-refractivity contribution >= 4 is 5.97 Å². The zero-order valence-electron chi connectivity index (χ0n) is 12.8. The predicted molar refractivity (Wildman–Crippen MR) is 81.1 cm³/mol. The first-order valence-corrected chi connectivity index (χ1v) is 7.04. The summed E-state index contributed by atoms with van der Waals surface area (Å²) in [5.41, 5.74) is 0.332. The Balaban J connectivity index is 2.72. The molecular formula is C17H26O3. The SMILES string of the molecule is C=C/C=C(\C=C)COC(=O)[C@H]1CC[C@@](C)(CO)C1(C)C. The third-order valence-electron chi connectivity index (χ3n) is 5.02. The van der Waals surface area contributed by atoms with Crippen LogP contribution in [0.2, 0.25) is 0 Å². The van der Waals surface area contributed by atoms with Gasteiger partial charge in [0.05, 0.1) is 5.92 Å². The Kier molecular flexibility index (Phi) is 5.35. The smallest absolute Gasteiger partial charge is 0.309 e. The predicted octanol–water partition coefficient (Wildman–Crippen LogP) is 3.26. The number of carbonyl (C=O) groups excluding carboxylic acids is 1. The molecule has 0 radical (unpaired) electrons. The van der Waals surface area contributed by atoms with E-state index in [4.69, 9.17) is 4.74 Å². The van der Waals surface area contributed by atoms with Gasteiger partial charge in [0.15, 0.2) is 0 Å². The van der Waals surface area contributed by atoms with Crippen molar-refractivity contribution in [3.05, 3.63) is 37.0 Å². The zero-order valence-corrected chi connectivity index (χ0v) is 12.8. The van der Waals surface area contributed by atoms with E-state index in [1.807, 2.05) is 20.8 Å². The summed E-state index contributed by atoms with van der Waals surface area (Å²) in [5.74, 6) is -0.363. The van der Waals surface area contributed by atoms with Gasteiger partial charge in [-0.2, -0.15) is 0 Å². The van der Waals surface area contributed by atoms with Gasteiger partial charge in [0.25, 0.3) is 0 Å². The first-order chi connectivity index (χ1) is 9.32. The van der Waals surface area contributed by atoms with Crippen molar-refractivity contribution in [2.45, 2.75) is 33.6 Å². The van der Waals surface area contributed by atoms with Crippen molar-refractivity contribution in [2.75, 3.05) is 13.2 Å². The third-order valence-corrected chi connectivity index (χ3v) is 5.02. The fourth-order valence-electron chi connectivity index (χ4n) is 2.84. The summed E-state index contributed by atoms with van der Waals surface area (Å²) in [6.45, 7) is 13.7. The number of rotatable bonds is 6. The van der Waals surface area contributed by atoms with Gasteiger partial charge in [-0.25, -0.2) is 0 Å². The second kappa shape index (κ2) is 6.40. The van der Waals surface area contributed by atoms with Crippen LogP contribution in [-0.2, 0) is 9.53 Å². The second-order valence-electron chi connectivity index (χ2n) is 6.32. The fourth-order valence-corrected chi connectivity index (χ4v) is 2.84. The van der Waals surface area contributed by atoms with E-state index < -0.39 is 0 Å². The van der Waals surface area contributed by atoms with Crippen LogP contribution in [0, 0.1) is 16.7 Å². The molecule has 0 bridgehead atoms. The van der Waals surface area contributed by atoms with Crippen LogP contribution in [0.25, 0.3) is 0 Å². The average Bonchev–Trinajstić information content (AvgIpc) is 2.66. The Hall–Kier alpha value is -1.35. The summed E-state index contributed by atoms with van der Waals surface area (Å²) in [5, 5.41) is 9.60. The molecule has 0 aromatic rings. The van der Waals surface area contributed by atoms with Crippen molar-refractivity contribution in [3.63, 3.8) is 0 Å². The number of hydrogen-bond donors (Lipinski definition) is 1. The van der Waals surface area contributed by atoms with E-state index in [9.17, 15) is 9.90 Å². The Morgan fingerprint density at radius 2 is 2.05 bits per heavy atom. The summed E-state index contributed by atoms with van der Waals surface area (Å²) in [6, 6.07) is 0. The van der Waals surface area contributed by atoms with Crippen LogP contribution >= 0.6 is 0 Å². The summed E-state index contributed by atoms with van der Waals surface area (Å²) >= 11 is 0. The third kappa shape index (κ3) is 3.04. The largest absolute Gasteiger partial charge is 0.461 e. The van der Waals surface area contributed by atoms with Crippen LogP contribution in [0.1, 0.15) is 33.6 Å². The first-order valence-electron chi connectivity index (χ1n) is 7.04. The number of carbonyl (C=O) groups is 1. The Morgan fingerprint density at radius 3 is 2.50 bits per heavy atom. The van der Waals surface area contributed by atoms with E-state index in [1.54, 1.807) is 18.2 Å². The van der Waals surface area contributed by atoms with Gasteiger partial charge >= 0.3 is 5.97 Å². The molecule has 3 heteroatoms. The number of allylic oxidation sites excluding steroid dienone is 2. The van der Waals surface area contributed by atoms with Gasteiger partial charge in [0.2, 0.25) is 0 Å². The van der Waals surface area contributed by atoms with Crippen molar-refractivity contribution in [2.24, 2.45) is 16.7 Å². The maximum atomic E-state index is 12.3.